The molecule has 2 heterocycles. The van der Waals surface area contributed by atoms with Crippen molar-refractivity contribution in [2.75, 3.05) is 18.5 Å². The van der Waals surface area contributed by atoms with Crippen LogP contribution in [0.4, 0.5) is 0 Å². The Balaban J connectivity index is 1.45. The molecule has 0 bridgehead atoms. The molecule has 1 aliphatic carbocycles. The number of fused-ring (bicyclic) bond motifs is 3. The minimum Gasteiger partial charge on any atom is -0.871 e. The molecule has 0 radical (unpaired) electrons. The van der Waals surface area contributed by atoms with Gasteiger partial charge >= 0.3 is 5.63 Å². The van der Waals surface area contributed by atoms with E-state index in [1.807, 2.05) is 60.7 Å². The fraction of sp³-hybridized carbons (Fsp3) is 0.283. The van der Waals surface area contributed by atoms with Crippen LogP contribution in [0.3, 0.4) is 0 Å². The summed E-state index contributed by atoms with van der Waals surface area (Å²) in [6, 6.07) is 31.3. The lowest BCUT2D eigenvalue weighted by atomic mass is 9.84. The van der Waals surface area contributed by atoms with E-state index in [9.17, 15) is 19.5 Å². The summed E-state index contributed by atoms with van der Waals surface area (Å²) in [7, 11) is -2.01. The number of hydrogen-bond acceptors (Lipinski definition) is 6. The molecule has 2 aromatic heterocycles. The quantitative estimate of drug-likeness (QED) is 0.0817. The third-order valence-electron chi connectivity index (χ3n) is 10.8. The highest BCUT2D eigenvalue weighted by atomic mass is 31.2. The van der Waals surface area contributed by atoms with Crippen molar-refractivity contribution in [3.05, 3.63) is 147 Å². The first-order chi connectivity index (χ1) is 25.8. The van der Waals surface area contributed by atoms with Gasteiger partial charge in [-0.05, 0) is 36.5 Å². The van der Waals surface area contributed by atoms with E-state index in [0.717, 1.165) is 68.1 Å². The predicted molar refractivity (Wildman–Crippen MR) is 213 cm³/mol. The van der Waals surface area contributed by atoms with Gasteiger partial charge in [0.05, 0.1) is 29.6 Å². The molecule has 0 amide bonds. The molecule has 1 aliphatic rings. The Morgan fingerprint density at radius 1 is 0.585 bits per heavy atom. The van der Waals surface area contributed by atoms with Gasteiger partial charge in [-0.25, -0.2) is 4.79 Å². The second-order valence-electron chi connectivity index (χ2n) is 14.2. The number of carbonyl (C=O) groups excluding carboxylic acids is 2. The molecule has 0 spiro atoms. The third-order valence-corrected chi connectivity index (χ3v) is 16.1. The Morgan fingerprint density at radius 3 is 1.77 bits per heavy atom. The second-order valence-corrected chi connectivity index (χ2v) is 18.5. The summed E-state index contributed by atoms with van der Waals surface area (Å²) in [5.41, 5.74) is 3.42. The van der Waals surface area contributed by atoms with E-state index in [2.05, 4.69) is 20.8 Å². The molecule has 0 saturated carbocycles. The number of ketones is 2. The summed E-state index contributed by atoms with van der Waals surface area (Å²) in [5, 5.41) is 14.9. The number of hydrogen-bond donors (Lipinski definition) is 0. The molecule has 7 heteroatoms. The summed E-state index contributed by atoms with van der Waals surface area (Å²) in [6.07, 6.45) is 9.04. The van der Waals surface area contributed by atoms with E-state index >= 15 is 0 Å². The molecule has 0 N–H and O–H groups in total. The SMILES string of the molecule is CCCC[P+](CCCC)(CCCC)C(c1ccc(-c2c(-c3ccccc3)oc3c2C(=O)c2ccccc2C3=O)cc1)c1c([O-])c2ccccc2oc1=O. The molecule has 0 fully saturated rings. The zero-order chi connectivity index (χ0) is 37.1. The minimum absolute atomic E-state index is 0.0397. The number of furan rings is 1. The highest BCUT2D eigenvalue weighted by Gasteiger charge is 2.48. The Kier molecular flexibility index (Phi) is 10.6. The zero-order valence-corrected chi connectivity index (χ0v) is 31.5. The number of unbranched alkanes of at least 4 members (excludes halogenated alkanes) is 3. The molecule has 53 heavy (non-hydrogen) atoms. The van der Waals surface area contributed by atoms with Crippen molar-refractivity contribution in [3.8, 4) is 28.2 Å². The van der Waals surface area contributed by atoms with Crippen LogP contribution in [0.2, 0.25) is 0 Å². The fourth-order valence-corrected chi connectivity index (χ4v) is 14.0. The van der Waals surface area contributed by atoms with Gasteiger partial charge in [0.15, 0.2) is 11.5 Å². The van der Waals surface area contributed by atoms with Crippen LogP contribution in [0, 0.1) is 0 Å². The van der Waals surface area contributed by atoms with E-state index in [-0.39, 0.29) is 34.2 Å². The molecule has 6 aromatic rings. The maximum Gasteiger partial charge on any atom is 0.343 e. The molecule has 0 aliphatic heterocycles. The molecular formula is C46H45O6P. The number of benzene rings is 4. The maximum absolute atomic E-state index is 14.5. The van der Waals surface area contributed by atoms with Crippen molar-refractivity contribution >= 4 is 29.8 Å². The third kappa shape index (κ3) is 6.59. The van der Waals surface area contributed by atoms with Crippen LogP contribution in [0.25, 0.3) is 33.4 Å². The van der Waals surface area contributed by atoms with E-state index in [1.54, 1.807) is 42.5 Å². The van der Waals surface area contributed by atoms with Gasteiger partial charge in [0.1, 0.15) is 17.0 Å². The Bertz CT molecular complexity index is 2310. The average Bonchev–Trinajstić information content (AvgIpc) is 3.60. The van der Waals surface area contributed by atoms with Gasteiger partial charge in [-0.1, -0.05) is 143 Å². The fourth-order valence-electron chi connectivity index (χ4n) is 8.11. The van der Waals surface area contributed by atoms with Gasteiger partial charge in [0.2, 0.25) is 5.78 Å². The van der Waals surface area contributed by atoms with E-state index < -0.39 is 18.5 Å². The van der Waals surface area contributed by atoms with Crippen LogP contribution >= 0.6 is 7.26 Å². The first kappa shape index (κ1) is 36.3. The monoisotopic (exact) mass is 724 g/mol. The van der Waals surface area contributed by atoms with E-state index in [0.29, 0.717) is 39.0 Å². The van der Waals surface area contributed by atoms with Crippen LogP contribution in [-0.2, 0) is 0 Å². The van der Waals surface area contributed by atoms with Crippen LogP contribution < -0.4 is 10.7 Å². The molecule has 4 aromatic carbocycles. The summed E-state index contributed by atoms with van der Waals surface area (Å²) < 4.78 is 12.3. The Morgan fingerprint density at radius 2 is 1.15 bits per heavy atom. The molecular weight excluding hydrogens is 679 g/mol. The molecule has 7 rings (SSSR count). The first-order valence-electron chi connectivity index (χ1n) is 18.9. The smallest absolute Gasteiger partial charge is 0.343 e. The normalized spacial score (nSPS) is 13.3. The molecule has 0 saturated heterocycles. The summed E-state index contributed by atoms with van der Waals surface area (Å²) in [6.45, 7) is 6.59. The second kappa shape index (κ2) is 15.5. The lowest BCUT2D eigenvalue weighted by molar-refractivity contribution is -0.267. The summed E-state index contributed by atoms with van der Waals surface area (Å²) >= 11 is 0. The van der Waals surface area contributed by atoms with Crippen LogP contribution in [0.15, 0.2) is 117 Å². The van der Waals surface area contributed by atoms with Gasteiger partial charge < -0.3 is 13.9 Å². The average molecular weight is 725 g/mol. The van der Waals surface area contributed by atoms with E-state index in [4.69, 9.17) is 8.83 Å². The van der Waals surface area contributed by atoms with Gasteiger partial charge in [0, 0.05) is 34.9 Å². The Hall–Kier alpha value is -5.06. The van der Waals surface area contributed by atoms with Crippen molar-refractivity contribution in [2.24, 2.45) is 0 Å². The highest BCUT2D eigenvalue weighted by molar-refractivity contribution is 7.76. The number of carbonyl (C=O) groups is 2. The molecule has 1 unspecified atom stereocenters. The molecule has 270 valence electrons. The van der Waals surface area contributed by atoms with Crippen molar-refractivity contribution in [2.45, 2.75) is 65.0 Å². The zero-order valence-electron chi connectivity index (χ0n) is 30.7. The van der Waals surface area contributed by atoms with Crippen LogP contribution in [0.5, 0.6) is 5.75 Å². The first-order valence-corrected chi connectivity index (χ1v) is 21.3. The number of para-hydroxylation sites is 1. The summed E-state index contributed by atoms with van der Waals surface area (Å²) in [4.78, 5) is 42.1. The lowest BCUT2D eigenvalue weighted by Crippen LogP contribution is -2.24. The summed E-state index contributed by atoms with van der Waals surface area (Å²) in [5.74, 6) is -0.344. The topological polar surface area (TPSA) is 101 Å². The van der Waals surface area contributed by atoms with E-state index in [1.165, 1.54) is 0 Å². The highest BCUT2D eigenvalue weighted by Crippen LogP contribution is 2.73. The van der Waals surface area contributed by atoms with Gasteiger partial charge in [-0.2, -0.15) is 0 Å². The minimum atomic E-state index is -2.01. The lowest BCUT2D eigenvalue weighted by Gasteiger charge is -2.37. The van der Waals surface area contributed by atoms with Gasteiger partial charge in [-0.3, -0.25) is 9.59 Å². The van der Waals surface area contributed by atoms with Crippen molar-refractivity contribution in [3.63, 3.8) is 0 Å². The molecule has 6 nitrogen and oxygen atoms in total. The van der Waals surface area contributed by atoms with Crippen molar-refractivity contribution in [1.29, 1.82) is 0 Å². The number of rotatable bonds is 14. The van der Waals surface area contributed by atoms with Crippen molar-refractivity contribution < 1.29 is 23.5 Å². The largest absolute Gasteiger partial charge is 0.871 e. The molecule has 1 atom stereocenters. The standard InChI is InChI=1S/C46H45O6P/c1-4-7-27-53(28-8-5-2,29-9-6-3)45(39-41(48)35-21-15-16-22-36(35)51-46(39)50)32-25-23-30(24-26-32)37-38-40(47)33-19-13-14-20-34(33)42(49)44(38)52-43(37)31-17-11-10-12-18-31/h10-26,45H,4-9,27-29H2,1-3H3. The maximum atomic E-state index is 14.5. The van der Waals surface area contributed by atoms with Crippen molar-refractivity contribution in [1.82, 2.24) is 0 Å². The van der Waals surface area contributed by atoms with Gasteiger partial charge in [-0.15, -0.1) is 0 Å². The van der Waals surface area contributed by atoms with Gasteiger partial charge in [0.25, 0.3) is 0 Å². The Labute approximate surface area is 311 Å². The van der Waals surface area contributed by atoms with Crippen LogP contribution in [0.1, 0.15) is 108 Å². The van der Waals surface area contributed by atoms with Crippen LogP contribution in [-0.4, -0.2) is 30.1 Å². The predicted octanol–water partition coefficient (Wildman–Crippen LogP) is 11.1.